The van der Waals surface area contributed by atoms with Crippen molar-refractivity contribution in [3.63, 3.8) is 0 Å². The van der Waals surface area contributed by atoms with Gasteiger partial charge in [-0.05, 0) is 76.4 Å². The molecule has 0 aliphatic carbocycles. The SMILES string of the molecule is CCCCCCCCCOC(C=CCCCCCCCCCC(OC)OC)OC(C=CCCCCCCCCCC(OC)OC)OCCCCCCCCC. The van der Waals surface area contributed by atoms with Crippen LogP contribution in [0.1, 0.15) is 219 Å². The molecule has 2 unspecified atom stereocenters. The van der Waals surface area contributed by atoms with Gasteiger partial charge < -0.3 is 33.2 Å². The third-order valence-electron chi connectivity index (χ3n) is 10.6. The normalized spacial score (nSPS) is 13.4. The van der Waals surface area contributed by atoms with Crippen molar-refractivity contribution in [2.75, 3.05) is 41.7 Å². The minimum atomic E-state index is -0.380. The van der Waals surface area contributed by atoms with E-state index in [9.17, 15) is 0 Å². The standard InChI is InChI=1S/C48H94O7/c1-7-9-11-13-25-31-37-43-53-47(41-35-29-23-19-15-17-21-27-33-39-45(49-3)50-4)55-48(54-44-38-32-26-14-12-10-8-2)42-36-30-24-20-16-18-22-28-34-40-46(51-5)52-6/h35-36,41-42,45-48H,7-34,37-40,43-44H2,1-6H3. The van der Waals surface area contributed by atoms with Crippen LogP contribution in [0.3, 0.4) is 0 Å². The summed E-state index contributed by atoms with van der Waals surface area (Å²) in [5.74, 6) is 0. The van der Waals surface area contributed by atoms with Crippen LogP contribution in [-0.4, -0.2) is 66.8 Å². The molecule has 2 atom stereocenters. The molecule has 328 valence electrons. The highest BCUT2D eigenvalue weighted by molar-refractivity contribution is 4.90. The lowest BCUT2D eigenvalue weighted by atomic mass is 10.1. The van der Waals surface area contributed by atoms with Gasteiger partial charge in [-0.25, -0.2) is 0 Å². The van der Waals surface area contributed by atoms with Crippen molar-refractivity contribution in [2.24, 2.45) is 0 Å². The summed E-state index contributed by atoms with van der Waals surface area (Å²) in [6, 6.07) is 0. The van der Waals surface area contributed by atoms with E-state index in [4.69, 9.17) is 33.2 Å². The molecule has 55 heavy (non-hydrogen) atoms. The zero-order valence-corrected chi connectivity index (χ0v) is 37.5. The van der Waals surface area contributed by atoms with E-state index in [1.165, 1.54) is 167 Å². The summed E-state index contributed by atoms with van der Waals surface area (Å²) in [6.07, 6.45) is 47.5. The summed E-state index contributed by atoms with van der Waals surface area (Å²) in [4.78, 5) is 0. The van der Waals surface area contributed by atoms with Crippen molar-refractivity contribution in [3.8, 4) is 0 Å². The van der Waals surface area contributed by atoms with Crippen molar-refractivity contribution >= 4 is 0 Å². The topological polar surface area (TPSA) is 64.6 Å². The maximum Gasteiger partial charge on any atom is 0.180 e. The summed E-state index contributed by atoms with van der Waals surface area (Å²) in [6.45, 7) is 6.01. The highest BCUT2D eigenvalue weighted by atomic mass is 16.8. The van der Waals surface area contributed by atoms with Gasteiger partial charge in [-0.2, -0.15) is 0 Å². The number of allylic oxidation sites excluding steroid dienone is 2. The minimum Gasteiger partial charge on any atom is -0.356 e. The first-order valence-corrected chi connectivity index (χ1v) is 23.5. The quantitative estimate of drug-likeness (QED) is 0.0346. The fraction of sp³-hybridized carbons (Fsp3) is 0.917. The number of ether oxygens (including phenoxy) is 7. The molecule has 0 bridgehead atoms. The Morgan fingerprint density at radius 2 is 0.636 bits per heavy atom. The fourth-order valence-corrected chi connectivity index (χ4v) is 6.92. The van der Waals surface area contributed by atoms with E-state index in [0.29, 0.717) is 0 Å². The number of hydrogen-bond donors (Lipinski definition) is 0. The highest BCUT2D eigenvalue weighted by Crippen LogP contribution is 2.16. The smallest absolute Gasteiger partial charge is 0.180 e. The van der Waals surface area contributed by atoms with Gasteiger partial charge >= 0.3 is 0 Å². The largest absolute Gasteiger partial charge is 0.356 e. The van der Waals surface area contributed by atoms with Gasteiger partial charge in [0, 0.05) is 28.4 Å². The van der Waals surface area contributed by atoms with Crippen molar-refractivity contribution in [3.05, 3.63) is 24.3 Å². The molecule has 0 aromatic carbocycles. The van der Waals surface area contributed by atoms with Gasteiger partial charge in [0.15, 0.2) is 25.2 Å². The Kier molecular flexibility index (Phi) is 45.2. The minimum absolute atomic E-state index is 0.0555. The van der Waals surface area contributed by atoms with E-state index in [2.05, 4.69) is 38.2 Å². The predicted octanol–water partition coefficient (Wildman–Crippen LogP) is 14.6. The van der Waals surface area contributed by atoms with Crippen LogP contribution in [0.15, 0.2) is 24.3 Å². The molecular weight excluding hydrogens is 689 g/mol. The summed E-state index contributed by atoms with van der Waals surface area (Å²) in [5.41, 5.74) is 0. The van der Waals surface area contributed by atoms with Gasteiger partial charge in [0.25, 0.3) is 0 Å². The predicted molar refractivity (Wildman–Crippen MR) is 234 cm³/mol. The molecule has 0 fully saturated rings. The van der Waals surface area contributed by atoms with Crippen molar-refractivity contribution < 1.29 is 33.2 Å². The van der Waals surface area contributed by atoms with Gasteiger partial charge in [-0.1, -0.05) is 167 Å². The van der Waals surface area contributed by atoms with Crippen LogP contribution in [0.2, 0.25) is 0 Å². The van der Waals surface area contributed by atoms with Gasteiger partial charge in [0.1, 0.15) is 0 Å². The van der Waals surface area contributed by atoms with Crippen LogP contribution < -0.4 is 0 Å². The number of hydrogen-bond acceptors (Lipinski definition) is 7. The molecular formula is C48H94O7. The number of rotatable bonds is 46. The summed E-state index contributed by atoms with van der Waals surface area (Å²) in [7, 11) is 6.88. The van der Waals surface area contributed by atoms with Crippen LogP contribution in [0.4, 0.5) is 0 Å². The lowest BCUT2D eigenvalue weighted by Crippen LogP contribution is -2.25. The molecule has 0 N–H and O–H groups in total. The molecule has 0 saturated carbocycles. The van der Waals surface area contributed by atoms with E-state index >= 15 is 0 Å². The monoisotopic (exact) mass is 783 g/mol. The molecule has 0 saturated heterocycles. The van der Waals surface area contributed by atoms with Gasteiger partial charge in [-0.3, -0.25) is 0 Å². The Hall–Kier alpha value is -0.800. The van der Waals surface area contributed by atoms with Crippen LogP contribution in [-0.2, 0) is 33.2 Å². The molecule has 7 nitrogen and oxygen atoms in total. The van der Waals surface area contributed by atoms with E-state index in [0.717, 1.165) is 51.7 Å². The van der Waals surface area contributed by atoms with E-state index in [1.54, 1.807) is 28.4 Å². The van der Waals surface area contributed by atoms with Gasteiger partial charge in [0.05, 0.1) is 13.2 Å². The second kappa shape index (κ2) is 45.9. The maximum atomic E-state index is 6.55. The number of methoxy groups -OCH3 is 4. The molecule has 0 heterocycles. The third kappa shape index (κ3) is 39.8. The molecule has 0 aromatic rings. The van der Waals surface area contributed by atoms with Crippen LogP contribution >= 0.6 is 0 Å². The van der Waals surface area contributed by atoms with E-state index in [1.807, 2.05) is 0 Å². The average molecular weight is 783 g/mol. The summed E-state index contributed by atoms with van der Waals surface area (Å²) in [5, 5.41) is 0. The maximum absolute atomic E-state index is 6.55. The van der Waals surface area contributed by atoms with Crippen molar-refractivity contribution in [2.45, 2.75) is 244 Å². The lowest BCUT2D eigenvalue weighted by Gasteiger charge is -2.22. The molecule has 0 radical (unpaired) electrons. The molecule has 0 aliphatic rings. The van der Waals surface area contributed by atoms with Crippen LogP contribution in [0.25, 0.3) is 0 Å². The molecule has 0 rings (SSSR count). The summed E-state index contributed by atoms with van der Waals surface area (Å²) >= 11 is 0. The lowest BCUT2D eigenvalue weighted by molar-refractivity contribution is -0.208. The first-order valence-electron chi connectivity index (χ1n) is 23.5. The second-order valence-corrected chi connectivity index (χ2v) is 15.6. The molecule has 0 aromatic heterocycles. The van der Waals surface area contributed by atoms with E-state index in [-0.39, 0.29) is 25.2 Å². The van der Waals surface area contributed by atoms with Gasteiger partial charge in [0.2, 0.25) is 0 Å². The second-order valence-electron chi connectivity index (χ2n) is 15.6. The number of unbranched alkanes of at least 4 members (excludes halogenated alkanes) is 26. The van der Waals surface area contributed by atoms with E-state index < -0.39 is 0 Å². The fourth-order valence-electron chi connectivity index (χ4n) is 6.92. The molecule has 7 heteroatoms. The first-order chi connectivity index (χ1) is 27.1. The Morgan fingerprint density at radius 1 is 0.345 bits per heavy atom. The molecule has 0 amide bonds. The van der Waals surface area contributed by atoms with Gasteiger partial charge in [-0.15, -0.1) is 0 Å². The zero-order valence-electron chi connectivity index (χ0n) is 37.5. The first kappa shape index (κ1) is 54.2. The molecule has 0 spiro atoms. The molecule has 0 aliphatic heterocycles. The van der Waals surface area contributed by atoms with Crippen molar-refractivity contribution in [1.82, 2.24) is 0 Å². The Morgan fingerprint density at radius 3 is 0.964 bits per heavy atom. The Labute approximate surface area is 342 Å². The Balaban J connectivity index is 4.90. The summed E-state index contributed by atoms with van der Waals surface area (Å²) < 4.78 is 40.5. The zero-order chi connectivity index (χ0) is 40.1. The highest BCUT2D eigenvalue weighted by Gasteiger charge is 2.14. The average Bonchev–Trinajstić information content (AvgIpc) is 3.20. The van der Waals surface area contributed by atoms with Crippen molar-refractivity contribution in [1.29, 1.82) is 0 Å². The third-order valence-corrected chi connectivity index (χ3v) is 10.6. The van der Waals surface area contributed by atoms with Crippen LogP contribution in [0, 0.1) is 0 Å². The Bertz CT molecular complexity index is 705. The van der Waals surface area contributed by atoms with Crippen LogP contribution in [0.5, 0.6) is 0 Å².